The van der Waals surface area contributed by atoms with Gasteiger partial charge >= 0.3 is 0 Å². The maximum absolute atomic E-state index is 13.3. The summed E-state index contributed by atoms with van der Waals surface area (Å²) in [6.45, 7) is 1.95. The van der Waals surface area contributed by atoms with Gasteiger partial charge < -0.3 is 0 Å². The van der Waals surface area contributed by atoms with Crippen molar-refractivity contribution in [2.45, 2.75) is 24.7 Å². The Labute approximate surface area is 83.7 Å². The van der Waals surface area contributed by atoms with Crippen LogP contribution < -0.4 is 0 Å². The standard InChI is InChI=1S/C10H13FO2S/c1-3-4-8-5-6-9(7-10(8)11)14(2,12)13/h5-7H,3-4H2,1-2H3. The van der Waals surface area contributed by atoms with Crippen LogP contribution in [0, 0.1) is 5.82 Å². The van der Waals surface area contributed by atoms with Crippen molar-refractivity contribution in [2.75, 3.05) is 6.26 Å². The third-order valence-corrected chi connectivity index (χ3v) is 3.08. The number of benzene rings is 1. The monoisotopic (exact) mass is 216 g/mol. The fourth-order valence-corrected chi connectivity index (χ4v) is 1.86. The van der Waals surface area contributed by atoms with Crippen LogP contribution in [-0.2, 0) is 16.3 Å². The molecule has 1 aromatic carbocycles. The molecular formula is C10H13FO2S. The topological polar surface area (TPSA) is 34.1 Å². The van der Waals surface area contributed by atoms with E-state index in [1.54, 1.807) is 0 Å². The van der Waals surface area contributed by atoms with Gasteiger partial charge in [-0.15, -0.1) is 0 Å². The SMILES string of the molecule is CCCc1ccc(S(C)(=O)=O)cc1F. The summed E-state index contributed by atoms with van der Waals surface area (Å²) in [5, 5.41) is 0. The van der Waals surface area contributed by atoms with Gasteiger partial charge in [0.15, 0.2) is 9.84 Å². The van der Waals surface area contributed by atoms with E-state index in [1.165, 1.54) is 12.1 Å². The Morgan fingerprint density at radius 2 is 2.00 bits per heavy atom. The molecule has 0 aromatic heterocycles. The fourth-order valence-electron chi connectivity index (χ4n) is 1.23. The molecule has 0 atom stereocenters. The molecule has 1 rings (SSSR count). The van der Waals surface area contributed by atoms with Crippen LogP contribution in [-0.4, -0.2) is 14.7 Å². The Morgan fingerprint density at radius 3 is 2.43 bits per heavy atom. The maximum atomic E-state index is 13.3. The average Bonchev–Trinajstić information content (AvgIpc) is 2.07. The van der Waals surface area contributed by atoms with Gasteiger partial charge in [-0.3, -0.25) is 0 Å². The summed E-state index contributed by atoms with van der Waals surface area (Å²) in [5.74, 6) is -0.435. The van der Waals surface area contributed by atoms with E-state index in [9.17, 15) is 12.8 Å². The van der Waals surface area contributed by atoms with Crippen LogP contribution >= 0.6 is 0 Å². The van der Waals surface area contributed by atoms with Crippen molar-refractivity contribution in [1.29, 1.82) is 0 Å². The maximum Gasteiger partial charge on any atom is 0.175 e. The van der Waals surface area contributed by atoms with Crippen LogP contribution in [0.1, 0.15) is 18.9 Å². The van der Waals surface area contributed by atoms with Gasteiger partial charge in [-0.1, -0.05) is 19.4 Å². The molecule has 78 valence electrons. The minimum atomic E-state index is -3.30. The Hall–Kier alpha value is -0.900. The van der Waals surface area contributed by atoms with Crippen molar-refractivity contribution in [1.82, 2.24) is 0 Å². The summed E-state index contributed by atoms with van der Waals surface area (Å²) >= 11 is 0. The van der Waals surface area contributed by atoms with Gasteiger partial charge in [0.1, 0.15) is 5.82 Å². The first-order valence-corrected chi connectivity index (χ1v) is 6.32. The molecule has 0 aliphatic carbocycles. The molecule has 0 saturated heterocycles. The molecule has 0 spiro atoms. The van der Waals surface area contributed by atoms with Crippen LogP contribution in [0.2, 0.25) is 0 Å². The van der Waals surface area contributed by atoms with E-state index in [1.807, 2.05) is 6.92 Å². The molecule has 0 bridgehead atoms. The summed E-state index contributed by atoms with van der Waals surface area (Å²) < 4.78 is 35.5. The molecule has 0 amide bonds. The molecule has 2 nitrogen and oxygen atoms in total. The van der Waals surface area contributed by atoms with E-state index in [2.05, 4.69) is 0 Å². The van der Waals surface area contributed by atoms with Crippen LogP contribution in [0.3, 0.4) is 0 Å². The number of halogens is 1. The first-order valence-electron chi connectivity index (χ1n) is 4.43. The Morgan fingerprint density at radius 1 is 1.36 bits per heavy atom. The number of aryl methyl sites for hydroxylation is 1. The van der Waals surface area contributed by atoms with E-state index in [4.69, 9.17) is 0 Å². The van der Waals surface area contributed by atoms with Crippen LogP contribution in [0.4, 0.5) is 4.39 Å². The van der Waals surface area contributed by atoms with Gasteiger partial charge in [-0.2, -0.15) is 0 Å². The van der Waals surface area contributed by atoms with E-state index in [-0.39, 0.29) is 4.90 Å². The van der Waals surface area contributed by atoms with Crippen molar-refractivity contribution in [3.8, 4) is 0 Å². The molecule has 1 aromatic rings. The highest BCUT2D eigenvalue weighted by Crippen LogP contribution is 2.15. The largest absolute Gasteiger partial charge is 0.224 e. The molecule has 0 aliphatic rings. The molecular weight excluding hydrogens is 203 g/mol. The number of rotatable bonds is 3. The lowest BCUT2D eigenvalue weighted by molar-refractivity contribution is 0.589. The van der Waals surface area contributed by atoms with E-state index in [0.29, 0.717) is 12.0 Å². The Bertz CT molecular complexity index is 424. The molecule has 0 aliphatic heterocycles. The third-order valence-electron chi connectivity index (χ3n) is 1.97. The van der Waals surface area contributed by atoms with Crippen LogP contribution in [0.5, 0.6) is 0 Å². The highest BCUT2D eigenvalue weighted by Gasteiger charge is 2.10. The highest BCUT2D eigenvalue weighted by molar-refractivity contribution is 7.90. The minimum absolute atomic E-state index is 0.0369. The first kappa shape index (κ1) is 11.2. The summed E-state index contributed by atoms with van der Waals surface area (Å²) in [6.07, 6.45) is 2.55. The number of hydrogen-bond donors (Lipinski definition) is 0. The number of sulfone groups is 1. The van der Waals surface area contributed by atoms with Crippen molar-refractivity contribution >= 4 is 9.84 Å². The average molecular weight is 216 g/mol. The lowest BCUT2D eigenvalue weighted by atomic mass is 10.1. The summed E-state index contributed by atoms with van der Waals surface area (Å²) in [6, 6.07) is 4.07. The Kier molecular flexibility index (Phi) is 3.26. The molecule has 4 heteroatoms. The normalized spacial score (nSPS) is 11.6. The molecule has 14 heavy (non-hydrogen) atoms. The summed E-state index contributed by atoms with van der Waals surface area (Å²) in [4.78, 5) is 0.0369. The van der Waals surface area contributed by atoms with Gasteiger partial charge in [0.25, 0.3) is 0 Å². The Balaban J connectivity index is 3.13. The van der Waals surface area contributed by atoms with Gasteiger partial charge in [0.2, 0.25) is 0 Å². The van der Waals surface area contributed by atoms with Crippen LogP contribution in [0.25, 0.3) is 0 Å². The van der Waals surface area contributed by atoms with Crippen molar-refractivity contribution in [3.05, 3.63) is 29.6 Å². The zero-order valence-electron chi connectivity index (χ0n) is 8.25. The predicted octanol–water partition coefficient (Wildman–Crippen LogP) is 2.18. The predicted molar refractivity (Wildman–Crippen MR) is 53.5 cm³/mol. The second-order valence-corrected chi connectivity index (χ2v) is 5.29. The van der Waals surface area contributed by atoms with Gasteiger partial charge in [0.05, 0.1) is 4.90 Å². The smallest absolute Gasteiger partial charge is 0.175 e. The molecule has 0 radical (unpaired) electrons. The van der Waals surface area contributed by atoms with Crippen molar-refractivity contribution in [3.63, 3.8) is 0 Å². The fraction of sp³-hybridized carbons (Fsp3) is 0.400. The van der Waals surface area contributed by atoms with Gasteiger partial charge in [0, 0.05) is 6.26 Å². The minimum Gasteiger partial charge on any atom is -0.224 e. The first-order chi connectivity index (χ1) is 6.45. The second kappa shape index (κ2) is 4.09. The zero-order chi connectivity index (χ0) is 10.8. The lowest BCUT2D eigenvalue weighted by Gasteiger charge is -2.03. The molecule has 0 N–H and O–H groups in total. The lowest BCUT2D eigenvalue weighted by Crippen LogP contribution is -1.99. The summed E-state index contributed by atoms with van der Waals surface area (Å²) in [5.41, 5.74) is 0.569. The molecule has 0 heterocycles. The molecule has 0 saturated carbocycles. The zero-order valence-corrected chi connectivity index (χ0v) is 9.07. The van der Waals surface area contributed by atoms with E-state index in [0.717, 1.165) is 18.7 Å². The van der Waals surface area contributed by atoms with Gasteiger partial charge in [-0.25, -0.2) is 12.8 Å². The van der Waals surface area contributed by atoms with Crippen molar-refractivity contribution in [2.24, 2.45) is 0 Å². The second-order valence-electron chi connectivity index (χ2n) is 3.28. The third kappa shape index (κ3) is 2.54. The quantitative estimate of drug-likeness (QED) is 0.776. The van der Waals surface area contributed by atoms with Crippen LogP contribution in [0.15, 0.2) is 23.1 Å². The highest BCUT2D eigenvalue weighted by atomic mass is 32.2. The van der Waals surface area contributed by atoms with E-state index < -0.39 is 15.7 Å². The molecule has 0 unspecified atom stereocenters. The van der Waals surface area contributed by atoms with Gasteiger partial charge in [-0.05, 0) is 24.1 Å². The van der Waals surface area contributed by atoms with E-state index >= 15 is 0 Å². The van der Waals surface area contributed by atoms with Crippen molar-refractivity contribution < 1.29 is 12.8 Å². The summed E-state index contributed by atoms with van der Waals surface area (Å²) in [7, 11) is -3.30. The molecule has 0 fully saturated rings. The number of hydrogen-bond acceptors (Lipinski definition) is 2.